The molecule has 160 valence electrons. The van der Waals surface area contributed by atoms with Gasteiger partial charge in [-0.2, -0.15) is 11.8 Å². The number of carboxylic acid groups (broad SMARTS) is 1. The number of carboxylic acids is 1. The van der Waals surface area contributed by atoms with Crippen molar-refractivity contribution in [2.45, 2.75) is 43.3 Å². The predicted octanol–water partition coefficient (Wildman–Crippen LogP) is 1.90. The molecule has 0 bridgehead atoms. The number of benzene rings is 1. The number of ketones is 1. The molecule has 3 unspecified atom stereocenters. The summed E-state index contributed by atoms with van der Waals surface area (Å²) in [6, 6.07) is 7.36. The number of thioether (sulfide) groups is 2. The van der Waals surface area contributed by atoms with E-state index in [1.807, 2.05) is 24.3 Å². The average molecular weight is 441 g/mol. The van der Waals surface area contributed by atoms with Crippen molar-refractivity contribution in [3.05, 3.63) is 47.5 Å². The van der Waals surface area contributed by atoms with Gasteiger partial charge in [-0.3, -0.25) is 9.59 Å². The Morgan fingerprint density at radius 2 is 2.03 bits per heavy atom. The summed E-state index contributed by atoms with van der Waals surface area (Å²) in [6.07, 6.45) is 3.19. The molecule has 0 aliphatic heterocycles. The van der Waals surface area contributed by atoms with Crippen LogP contribution in [0.2, 0.25) is 0 Å². The lowest BCUT2D eigenvalue weighted by Crippen LogP contribution is -2.22. The van der Waals surface area contributed by atoms with Gasteiger partial charge in [0.15, 0.2) is 0 Å². The summed E-state index contributed by atoms with van der Waals surface area (Å²) < 4.78 is 0. The number of aliphatic hydroxyl groups excluding tert-OH is 3. The van der Waals surface area contributed by atoms with E-state index in [4.69, 9.17) is 5.11 Å². The standard InChI is InChI=1S/C21H28O6S2/c22-12-15-4-1-3-14(9-15)10-16(23)5-6-17-18(24)11-19(25)21(17)29-8-2-7-28-13-20(26)27/h1,3-6,9,16-18,21-24H,2,7-8,10-13H2,(H,26,27)/t16?,17-,18?,21?/m0/s1. The summed E-state index contributed by atoms with van der Waals surface area (Å²) in [4.78, 5) is 22.7. The minimum atomic E-state index is -0.830. The maximum atomic E-state index is 12.2. The molecule has 1 aliphatic rings. The molecule has 4 atom stereocenters. The number of rotatable bonds is 12. The van der Waals surface area contributed by atoms with Crippen molar-refractivity contribution in [3.63, 3.8) is 0 Å². The molecule has 0 heterocycles. The fourth-order valence-corrected chi connectivity index (χ4v) is 5.45. The van der Waals surface area contributed by atoms with Gasteiger partial charge in [-0.25, -0.2) is 0 Å². The number of hydrogen-bond donors (Lipinski definition) is 4. The Hall–Kier alpha value is -1.32. The van der Waals surface area contributed by atoms with Crippen LogP contribution in [0.5, 0.6) is 0 Å². The molecular weight excluding hydrogens is 412 g/mol. The van der Waals surface area contributed by atoms with Crippen LogP contribution in [0.3, 0.4) is 0 Å². The van der Waals surface area contributed by atoms with E-state index >= 15 is 0 Å². The van der Waals surface area contributed by atoms with Crippen LogP contribution in [0.1, 0.15) is 24.0 Å². The summed E-state index contributed by atoms with van der Waals surface area (Å²) in [7, 11) is 0. The van der Waals surface area contributed by atoms with E-state index in [1.54, 1.807) is 12.2 Å². The summed E-state index contributed by atoms with van der Waals surface area (Å²) in [5.41, 5.74) is 1.69. The Labute approximate surface area is 179 Å². The molecule has 4 N–H and O–H groups in total. The summed E-state index contributed by atoms with van der Waals surface area (Å²) in [6.45, 7) is -0.0517. The highest BCUT2D eigenvalue weighted by atomic mass is 32.2. The minimum absolute atomic E-state index is 0.0143. The van der Waals surface area contributed by atoms with Crippen LogP contribution in [0.25, 0.3) is 0 Å². The molecule has 2 rings (SSSR count). The van der Waals surface area contributed by atoms with Crippen LogP contribution in [-0.4, -0.2) is 66.9 Å². The van der Waals surface area contributed by atoms with E-state index in [0.717, 1.165) is 29.1 Å². The van der Waals surface area contributed by atoms with Gasteiger partial charge in [0.05, 0.1) is 29.8 Å². The highest BCUT2D eigenvalue weighted by Crippen LogP contribution is 2.34. The van der Waals surface area contributed by atoms with Crippen molar-refractivity contribution in [2.24, 2.45) is 5.92 Å². The highest BCUT2D eigenvalue weighted by Gasteiger charge is 2.40. The van der Waals surface area contributed by atoms with Crippen LogP contribution < -0.4 is 0 Å². The summed E-state index contributed by atoms with van der Waals surface area (Å²) in [5.74, 6) is 0.364. The molecule has 8 heteroatoms. The third-order valence-electron chi connectivity index (χ3n) is 4.65. The first-order valence-corrected chi connectivity index (χ1v) is 11.8. The number of aliphatic hydroxyl groups is 3. The first-order chi connectivity index (χ1) is 13.9. The van der Waals surface area contributed by atoms with Crippen LogP contribution in [-0.2, 0) is 22.6 Å². The SMILES string of the molecule is O=C(O)CSCCCSC1C(=O)CC(O)[C@@H]1C=CC(O)Cc1cccc(CO)c1. The van der Waals surface area contributed by atoms with Gasteiger partial charge in [0.2, 0.25) is 0 Å². The van der Waals surface area contributed by atoms with Crippen LogP contribution >= 0.6 is 23.5 Å². The fraction of sp³-hybridized carbons (Fsp3) is 0.524. The van der Waals surface area contributed by atoms with Gasteiger partial charge >= 0.3 is 5.97 Å². The van der Waals surface area contributed by atoms with E-state index < -0.39 is 18.2 Å². The Bertz CT molecular complexity index is 708. The van der Waals surface area contributed by atoms with E-state index in [0.29, 0.717) is 6.42 Å². The largest absolute Gasteiger partial charge is 0.481 e. The zero-order chi connectivity index (χ0) is 21.2. The van der Waals surface area contributed by atoms with E-state index in [-0.39, 0.29) is 35.7 Å². The second-order valence-electron chi connectivity index (χ2n) is 7.04. The first-order valence-electron chi connectivity index (χ1n) is 9.57. The van der Waals surface area contributed by atoms with Gasteiger partial charge in [-0.05, 0) is 29.1 Å². The first kappa shape index (κ1) is 24.0. The van der Waals surface area contributed by atoms with Crippen molar-refractivity contribution in [1.82, 2.24) is 0 Å². The maximum Gasteiger partial charge on any atom is 0.313 e. The Morgan fingerprint density at radius 3 is 2.76 bits per heavy atom. The molecule has 0 amide bonds. The number of carbonyl (C=O) groups is 2. The second-order valence-corrected chi connectivity index (χ2v) is 9.40. The maximum absolute atomic E-state index is 12.2. The van der Waals surface area contributed by atoms with E-state index in [2.05, 4.69) is 0 Å². The number of Topliss-reactive ketones (excluding diaryl/α,β-unsaturated/α-hetero) is 1. The van der Waals surface area contributed by atoms with E-state index in [1.165, 1.54) is 23.5 Å². The monoisotopic (exact) mass is 440 g/mol. The van der Waals surface area contributed by atoms with Crippen molar-refractivity contribution in [1.29, 1.82) is 0 Å². The van der Waals surface area contributed by atoms with Gasteiger partial charge in [0.25, 0.3) is 0 Å². The molecule has 1 saturated carbocycles. The van der Waals surface area contributed by atoms with Crippen LogP contribution in [0.4, 0.5) is 0 Å². The third-order valence-corrected chi connectivity index (χ3v) is 7.14. The normalized spacial score (nSPS) is 23.0. The highest BCUT2D eigenvalue weighted by molar-refractivity contribution is 8.01. The lowest BCUT2D eigenvalue weighted by Gasteiger charge is -2.17. The van der Waals surface area contributed by atoms with Gasteiger partial charge in [0, 0.05) is 18.8 Å². The summed E-state index contributed by atoms with van der Waals surface area (Å²) in [5, 5.41) is 38.0. The molecule has 29 heavy (non-hydrogen) atoms. The molecule has 1 fully saturated rings. The molecule has 0 radical (unpaired) electrons. The predicted molar refractivity (Wildman–Crippen MR) is 116 cm³/mol. The topological polar surface area (TPSA) is 115 Å². The average Bonchev–Trinajstić information content (AvgIpc) is 2.95. The number of carbonyl (C=O) groups excluding carboxylic acids is 1. The molecule has 1 aromatic carbocycles. The van der Waals surface area contributed by atoms with Crippen LogP contribution in [0, 0.1) is 5.92 Å². The second kappa shape index (κ2) is 12.4. The Balaban J connectivity index is 1.85. The van der Waals surface area contributed by atoms with Crippen molar-refractivity contribution >= 4 is 35.3 Å². The van der Waals surface area contributed by atoms with Gasteiger partial charge in [-0.15, -0.1) is 11.8 Å². The van der Waals surface area contributed by atoms with Crippen LogP contribution in [0.15, 0.2) is 36.4 Å². The quantitative estimate of drug-likeness (QED) is 0.288. The van der Waals surface area contributed by atoms with Crippen molar-refractivity contribution in [2.75, 3.05) is 17.3 Å². The number of aliphatic carboxylic acids is 1. The molecule has 6 nitrogen and oxygen atoms in total. The molecule has 1 aliphatic carbocycles. The van der Waals surface area contributed by atoms with E-state index in [9.17, 15) is 24.9 Å². The molecular formula is C21H28O6S2. The lowest BCUT2D eigenvalue weighted by molar-refractivity contribution is -0.133. The fourth-order valence-electron chi connectivity index (χ4n) is 3.26. The van der Waals surface area contributed by atoms with Gasteiger partial charge < -0.3 is 20.4 Å². The van der Waals surface area contributed by atoms with Gasteiger partial charge in [0.1, 0.15) is 5.78 Å². The molecule has 0 saturated heterocycles. The third kappa shape index (κ3) is 8.14. The van der Waals surface area contributed by atoms with Crippen molar-refractivity contribution < 1.29 is 30.0 Å². The molecule has 0 spiro atoms. The Kier molecular flexibility index (Phi) is 10.2. The zero-order valence-electron chi connectivity index (χ0n) is 16.1. The molecule has 1 aromatic rings. The Morgan fingerprint density at radius 1 is 1.28 bits per heavy atom. The van der Waals surface area contributed by atoms with Gasteiger partial charge in [-0.1, -0.05) is 36.4 Å². The molecule has 0 aromatic heterocycles. The smallest absolute Gasteiger partial charge is 0.313 e. The lowest BCUT2D eigenvalue weighted by atomic mass is 10.0. The zero-order valence-corrected chi connectivity index (χ0v) is 17.8. The van der Waals surface area contributed by atoms with Crippen molar-refractivity contribution in [3.8, 4) is 0 Å². The number of hydrogen-bond acceptors (Lipinski definition) is 7. The minimum Gasteiger partial charge on any atom is -0.481 e. The summed E-state index contributed by atoms with van der Waals surface area (Å²) >= 11 is 2.85.